The second-order valence-electron chi connectivity index (χ2n) is 13.5. The van der Waals surface area contributed by atoms with Crippen LogP contribution in [0.3, 0.4) is 0 Å². The van der Waals surface area contributed by atoms with E-state index in [1.807, 2.05) is 43.3 Å². The Labute approximate surface area is 267 Å². The number of quaternary nitrogens is 1. The molecule has 3 aromatic carbocycles. The third kappa shape index (κ3) is 5.64. The van der Waals surface area contributed by atoms with Gasteiger partial charge >= 0.3 is 0 Å². The van der Waals surface area contributed by atoms with Gasteiger partial charge in [0.15, 0.2) is 11.8 Å². The maximum absolute atomic E-state index is 11.7. The van der Waals surface area contributed by atoms with Crippen molar-refractivity contribution in [1.29, 1.82) is 0 Å². The van der Waals surface area contributed by atoms with Crippen LogP contribution in [-0.4, -0.2) is 47.6 Å². The van der Waals surface area contributed by atoms with Crippen LogP contribution in [0, 0.1) is 5.92 Å². The molecule has 8 heteroatoms. The van der Waals surface area contributed by atoms with Crippen molar-refractivity contribution in [2.45, 2.75) is 76.9 Å². The van der Waals surface area contributed by atoms with Crippen LogP contribution in [-0.2, 0) is 5.66 Å². The lowest BCUT2D eigenvalue weighted by molar-refractivity contribution is -1.08. The minimum Gasteiger partial charge on any atom is -0.507 e. The maximum atomic E-state index is 11.7. The molecule has 240 valence electrons. The number of methoxy groups -OCH3 is 1. The normalized spacial score (nSPS) is 27.4. The summed E-state index contributed by atoms with van der Waals surface area (Å²) in [6.45, 7) is 12.0. The summed E-state index contributed by atoms with van der Waals surface area (Å²) in [4.78, 5) is 0. The molecule has 8 nitrogen and oxygen atoms in total. The van der Waals surface area contributed by atoms with Gasteiger partial charge in [-0.25, -0.2) is 10.6 Å². The second kappa shape index (κ2) is 12.6. The van der Waals surface area contributed by atoms with Crippen LogP contribution < -0.4 is 24.8 Å². The van der Waals surface area contributed by atoms with E-state index in [1.165, 1.54) is 6.42 Å². The molecule has 0 amide bonds. The van der Waals surface area contributed by atoms with Crippen molar-refractivity contribution in [2.75, 3.05) is 26.9 Å². The minimum absolute atomic E-state index is 0.206. The SMILES string of the molecule is C=C(C)COc1ccc(C23CC4CCCCC[N+]42C(c2ccc(OCC(C)C)cc2O)NC(c2ccc(OC)cc2)N3)c(O)c1. The maximum Gasteiger partial charge on any atom is 0.192 e. The number of nitrogens with one attached hydrogen (secondary N) is 2. The van der Waals surface area contributed by atoms with Crippen LogP contribution in [0.5, 0.6) is 28.7 Å². The Morgan fingerprint density at radius 3 is 2.36 bits per heavy atom. The van der Waals surface area contributed by atoms with Crippen LogP contribution >= 0.6 is 0 Å². The Hall–Kier alpha value is -3.72. The zero-order valence-electron chi connectivity index (χ0n) is 27.0. The molecule has 45 heavy (non-hydrogen) atoms. The predicted octanol–water partition coefficient (Wildman–Crippen LogP) is 7.00. The number of hydrogen-bond acceptors (Lipinski definition) is 7. The predicted molar refractivity (Wildman–Crippen MR) is 175 cm³/mol. The summed E-state index contributed by atoms with van der Waals surface area (Å²) in [7, 11) is 1.67. The van der Waals surface area contributed by atoms with Crippen molar-refractivity contribution in [1.82, 2.24) is 10.6 Å². The highest BCUT2D eigenvalue weighted by Crippen LogP contribution is 2.63. The van der Waals surface area contributed by atoms with Crippen molar-refractivity contribution < 1.29 is 28.9 Å². The molecule has 3 saturated heterocycles. The summed E-state index contributed by atoms with van der Waals surface area (Å²) in [5.41, 5.74) is 3.05. The molecule has 0 bridgehead atoms. The first-order valence-electron chi connectivity index (χ1n) is 16.3. The molecule has 3 aliphatic rings. The van der Waals surface area contributed by atoms with Crippen LogP contribution in [0.4, 0.5) is 0 Å². The Bertz CT molecular complexity index is 1520. The fraction of sp³-hybridized carbons (Fsp3) is 0.459. The van der Waals surface area contributed by atoms with Gasteiger partial charge in [-0.2, -0.15) is 0 Å². The molecule has 4 N–H and O–H groups in total. The molecular weight excluding hydrogens is 566 g/mol. The van der Waals surface area contributed by atoms with E-state index >= 15 is 0 Å². The molecule has 3 aliphatic heterocycles. The smallest absolute Gasteiger partial charge is 0.192 e. The van der Waals surface area contributed by atoms with Crippen molar-refractivity contribution in [3.63, 3.8) is 0 Å². The summed E-state index contributed by atoms with van der Waals surface area (Å²) in [6.07, 6.45) is 4.84. The first-order chi connectivity index (χ1) is 21.7. The van der Waals surface area contributed by atoms with E-state index in [9.17, 15) is 10.2 Å². The Morgan fingerprint density at radius 2 is 1.67 bits per heavy atom. The summed E-state index contributed by atoms with van der Waals surface area (Å²) in [6, 6.07) is 19.9. The summed E-state index contributed by atoms with van der Waals surface area (Å²) >= 11 is 0. The Kier molecular flexibility index (Phi) is 8.74. The van der Waals surface area contributed by atoms with Gasteiger partial charge in [-0.15, -0.1) is 0 Å². The van der Waals surface area contributed by atoms with Crippen molar-refractivity contribution in [3.05, 3.63) is 89.5 Å². The van der Waals surface area contributed by atoms with Gasteiger partial charge in [0, 0.05) is 12.1 Å². The zero-order chi connectivity index (χ0) is 31.8. The highest BCUT2D eigenvalue weighted by molar-refractivity contribution is 5.46. The van der Waals surface area contributed by atoms with Gasteiger partial charge in [-0.05, 0) is 86.1 Å². The molecule has 0 aromatic heterocycles. The van der Waals surface area contributed by atoms with E-state index in [2.05, 4.69) is 43.2 Å². The van der Waals surface area contributed by atoms with E-state index in [0.717, 1.165) is 60.2 Å². The number of aromatic hydroxyl groups is 2. The molecule has 3 fully saturated rings. The number of phenols is 2. The first-order valence-corrected chi connectivity index (χ1v) is 16.3. The van der Waals surface area contributed by atoms with Crippen LogP contribution in [0.1, 0.15) is 81.9 Å². The molecular formula is C37H48N3O5+. The van der Waals surface area contributed by atoms with E-state index in [4.69, 9.17) is 14.2 Å². The minimum atomic E-state index is -0.605. The lowest BCUT2D eigenvalue weighted by Crippen LogP contribution is -2.87. The highest BCUT2D eigenvalue weighted by Gasteiger charge is 2.73. The number of benzene rings is 3. The van der Waals surface area contributed by atoms with Crippen molar-refractivity contribution >= 4 is 0 Å². The van der Waals surface area contributed by atoms with E-state index in [1.54, 1.807) is 19.2 Å². The number of ether oxygens (including phenoxy) is 3. The van der Waals surface area contributed by atoms with Gasteiger partial charge < -0.3 is 24.4 Å². The van der Waals surface area contributed by atoms with Crippen molar-refractivity contribution in [3.8, 4) is 28.7 Å². The second-order valence-corrected chi connectivity index (χ2v) is 13.5. The first kappa shape index (κ1) is 31.3. The zero-order valence-corrected chi connectivity index (χ0v) is 27.0. The molecule has 1 spiro atoms. The van der Waals surface area contributed by atoms with Gasteiger partial charge in [-0.3, -0.25) is 4.48 Å². The van der Waals surface area contributed by atoms with Crippen LogP contribution in [0.15, 0.2) is 72.8 Å². The average Bonchev–Trinajstić information content (AvgIpc) is 3.18. The fourth-order valence-corrected chi connectivity index (χ4v) is 7.81. The van der Waals surface area contributed by atoms with Crippen molar-refractivity contribution in [2.24, 2.45) is 5.92 Å². The fourth-order valence-electron chi connectivity index (χ4n) is 7.81. The molecule has 3 aromatic rings. The molecule has 0 saturated carbocycles. The summed E-state index contributed by atoms with van der Waals surface area (Å²) < 4.78 is 18.0. The van der Waals surface area contributed by atoms with Gasteiger partial charge in [0.05, 0.1) is 44.0 Å². The van der Waals surface area contributed by atoms with E-state index in [0.29, 0.717) is 41.2 Å². The van der Waals surface area contributed by atoms with Gasteiger partial charge in [0.2, 0.25) is 0 Å². The highest BCUT2D eigenvalue weighted by atomic mass is 16.5. The molecule has 3 heterocycles. The Morgan fingerprint density at radius 1 is 0.956 bits per heavy atom. The van der Waals surface area contributed by atoms with E-state index in [-0.39, 0.29) is 23.8 Å². The van der Waals surface area contributed by atoms with E-state index < -0.39 is 5.66 Å². The van der Waals surface area contributed by atoms with Gasteiger partial charge in [0.1, 0.15) is 41.4 Å². The topological polar surface area (TPSA) is 92.2 Å². The van der Waals surface area contributed by atoms with Gasteiger partial charge in [-0.1, -0.05) is 32.6 Å². The van der Waals surface area contributed by atoms with Crippen LogP contribution in [0.25, 0.3) is 0 Å². The molecule has 0 radical (unpaired) electrons. The third-order valence-corrected chi connectivity index (χ3v) is 9.86. The summed E-state index contributed by atoms with van der Waals surface area (Å²) in [5, 5.41) is 31.3. The van der Waals surface area contributed by atoms with Gasteiger partial charge in [0.25, 0.3) is 0 Å². The monoisotopic (exact) mass is 614 g/mol. The average molecular weight is 615 g/mol. The number of rotatable bonds is 10. The molecule has 0 aliphatic carbocycles. The molecule has 5 unspecified atom stereocenters. The molecule has 5 atom stereocenters. The molecule has 6 rings (SSSR count). The number of nitrogens with zero attached hydrogens (tertiary/aromatic N) is 1. The van der Waals surface area contributed by atoms with Crippen LogP contribution in [0.2, 0.25) is 0 Å². The lowest BCUT2D eigenvalue weighted by atomic mass is 9.71. The number of phenolic OH excluding ortho intramolecular Hbond substituents is 2. The number of hydrogen-bond donors (Lipinski definition) is 4. The summed E-state index contributed by atoms with van der Waals surface area (Å²) in [5.74, 6) is 2.87. The standard InChI is InChI=1S/C37H47N3O5/c1-24(2)22-44-29-14-16-31(33(41)19-29)36-38-35(26-10-12-28(43-5)13-11-26)39-37(21-27-9-7-6-8-18-40(27,36)37)32-17-15-30(20-34(32)42)45-23-25(3)4/h10-17,19-20,24,27,35-36,38-39H,3,6-9,18,21-23H2,1-2,4-5H3,(H-,41,42)/p+1. The largest absolute Gasteiger partial charge is 0.507 e. The quantitative estimate of drug-likeness (QED) is 0.144. The lowest BCUT2D eigenvalue weighted by Gasteiger charge is -2.71. The third-order valence-electron chi connectivity index (χ3n) is 9.86. The Balaban J connectivity index is 1.48.